The minimum Gasteiger partial charge on any atom is -0.367 e. The highest BCUT2D eigenvalue weighted by molar-refractivity contribution is 5.82. The van der Waals surface area contributed by atoms with Crippen molar-refractivity contribution in [3.05, 3.63) is 24.5 Å². The van der Waals surface area contributed by atoms with Crippen molar-refractivity contribution in [2.24, 2.45) is 0 Å². The zero-order valence-electron chi connectivity index (χ0n) is 19.6. The second-order valence-corrected chi connectivity index (χ2v) is 8.96. The first-order valence-corrected chi connectivity index (χ1v) is 12.0. The lowest BCUT2D eigenvalue weighted by molar-refractivity contribution is -0.129. The number of carbonyl (C=O) groups is 1. The Kier molecular flexibility index (Phi) is 7.57. The van der Waals surface area contributed by atoms with E-state index in [0.717, 1.165) is 42.1 Å². The minimum atomic E-state index is -0.932. The summed E-state index contributed by atoms with van der Waals surface area (Å²) >= 11 is 0. The van der Waals surface area contributed by atoms with Crippen LogP contribution in [0.25, 0.3) is 11.3 Å². The maximum absolute atomic E-state index is 13.7. The van der Waals surface area contributed by atoms with E-state index in [1.165, 1.54) is 19.3 Å². The van der Waals surface area contributed by atoms with Crippen LogP contribution in [0.15, 0.2) is 24.5 Å². The molecule has 2 fully saturated rings. The molecule has 1 amide bonds. The highest BCUT2D eigenvalue weighted by Gasteiger charge is 2.22. The van der Waals surface area contributed by atoms with Crippen molar-refractivity contribution in [3.8, 4) is 11.3 Å². The van der Waals surface area contributed by atoms with E-state index >= 15 is 0 Å². The Morgan fingerprint density at radius 2 is 1.97 bits per heavy atom. The Hall–Kier alpha value is -2.97. The highest BCUT2D eigenvalue weighted by atomic mass is 19.1. The van der Waals surface area contributed by atoms with E-state index in [9.17, 15) is 9.18 Å². The largest absolute Gasteiger partial charge is 0.367 e. The second-order valence-electron chi connectivity index (χ2n) is 8.96. The SMILES string of the molecule is CC[C@H](F)CNc1ncc(-c2ccc(N3CCN(C)C(=O)C3)cn2)c(NC2CCCCC2)n1. The smallest absolute Gasteiger partial charge is 0.241 e. The number of amides is 1. The van der Waals surface area contributed by atoms with E-state index in [1.54, 1.807) is 17.3 Å². The van der Waals surface area contributed by atoms with Gasteiger partial charge >= 0.3 is 0 Å². The van der Waals surface area contributed by atoms with E-state index in [0.29, 0.717) is 31.5 Å². The van der Waals surface area contributed by atoms with Gasteiger partial charge in [0.15, 0.2) is 0 Å². The van der Waals surface area contributed by atoms with Crippen LogP contribution in [-0.4, -0.2) is 71.2 Å². The predicted molar refractivity (Wildman–Crippen MR) is 129 cm³/mol. The van der Waals surface area contributed by atoms with Crippen molar-refractivity contribution in [1.29, 1.82) is 0 Å². The van der Waals surface area contributed by atoms with Crippen molar-refractivity contribution in [3.63, 3.8) is 0 Å². The number of anilines is 3. The first kappa shape index (κ1) is 23.2. The molecule has 0 radical (unpaired) electrons. The molecule has 8 nitrogen and oxygen atoms in total. The van der Waals surface area contributed by atoms with Crippen molar-refractivity contribution >= 4 is 23.4 Å². The molecule has 0 spiro atoms. The fraction of sp³-hybridized carbons (Fsp3) is 0.583. The van der Waals surface area contributed by atoms with Gasteiger partial charge in [-0.3, -0.25) is 9.78 Å². The number of pyridine rings is 1. The van der Waals surface area contributed by atoms with E-state index in [1.807, 2.05) is 31.0 Å². The molecule has 178 valence electrons. The summed E-state index contributed by atoms with van der Waals surface area (Å²) in [5.74, 6) is 1.25. The molecule has 1 aliphatic heterocycles. The summed E-state index contributed by atoms with van der Waals surface area (Å²) in [7, 11) is 1.83. The minimum absolute atomic E-state index is 0.111. The number of hydrogen-bond acceptors (Lipinski definition) is 7. The van der Waals surface area contributed by atoms with Gasteiger partial charge in [0.2, 0.25) is 11.9 Å². The number of nitrogens with zero attached hydrogens (tertiary/aromatic N) is 5. The molecule has 33 heavy (non-hydrogen) atoms. The summed E-state index contributed by atoms with van der Waals surface area (Å²) in [5.41, 5.74) is 2.51. The molecule has 2 aliphatic rings. The number of hydrogen-bond donors (Lipinski definition) is 2. The molecule has 0 unspecified atom stereocenters. The van der Waals surface area contributed by atoms with E-state index in [2.05, 4.69) is 25.6 Å². The van der Waals surface area contributed by atoms with Gasteiger partial charge in [-0.15, -0.1) is 0 Å². The molecule has 0 aromatic carbocycles. The lowest BCUT2D eigenvalue weighted by Gasteiger charge is -2.33. The molecule has 1 saturated carbocycles. The monoisotopic (exact) mass is 455 g/mol. The summed E-state index contributed by atoms with van der Waals surface area (Å²) in [6.07, 6.45) is 8.98. The number of carbonyl (C=O) groups excluding carboxylic acids is 1. The summed E-state index contributed by atoms with van der Waals surface area (Å²) in [6.45, 7) is 3.86. The van der Waals surface area contributed by atoms with Gasteiger partial charge < -0.3 is 20.4 Å². The number of halogens is 1. The van der Waals surface area contributed by atoms with Crippen LogP contribution in [0.1, 0.15) is 45.4 Å². The summed E-state index contributed by atoms with van der Waals surface area (Å²) < 4.78 is 13.7. The zero-order valence-corrected chi connectivity index (χ0v) is 19.6. The van der Waals surface area contributed by atoms with Gasteiger partial charge in [0, 0.05) is 38.9 Å². The van der Waals surface area contributed by atoms with Gasteiger partial charge in [-0.1, -0.05) is 26.2 Å². The van der Waals surface area contributed by atoms with Gasteiger partial charge in [0.25, 0.3) is 0 Å². The van der Waals surface area contributed by atoms with Gasteiger partial charge in [-0.05, 0) is 31.4 Å². The van der Waals surface area contributed by atoms with E-state index < -0.39 is 6.17 Å². The fourth-order valence-electron chi connectivity index (χ4n) is 4.26. The normalized spacial score (nSPS) is 18.3. The third-order valence-electron chi connectivity index (χ3n) is 6.51. The van der Waals surface area contributed by atoms with Gasteiger partial charge in [0.05, 0.1) is 29.7 Å². The second kappa shape index (κ2) is 10.8. The number of nitrogens with one attached hydrogen (secondary N) is 2. The number of likely N-dealkylation sites (N-methyl/N-ethyl adjacent to an activating group) is 1. The van der Waals surface area contributed by atoms with Gasteiger partial charge in [-0.2, -0.15) is 4.98 Å². The third kappa shape index (κ3) is 5.89. The average Bonchev–Trinajstić information content (AvgIpc) is 2.85. The molecule has 0 bridgehead atoms. The Balaban J connectivity index is 1.55. The third-order valence-corrected chi connectivity index (χ3v) is 6.51. The maximum atomic E-state index is 13.7. The Morgan fingerprint density at radius 3 is 2.67 bits per heavy atom. The van der Waals surface area contributed by atoms with Crippen molar-refractivity contribution in [2.75, 3.05) is 48.8 Å². The van der Waals surface area contributed by atoms with Crippen molar-refractivity contribution in [1.82, 2.24) is 19.9 Å². The summed E-state index contributed by atoms with van der Waals surface area (Å²) in [5, 5.41) is 6.60. The van der Waals surface area contributed by atoms with Crippen LogP contribution in [0.4, 0.5) is 21.8 Å². The van der Waals surface area contributed by atoms with E-state index in [-0.39, 0.29) is 12.5 Å². The molecule has 2 N–H and O–H groups in total. The van der Waals surface area contributed by atoms with Crippen LogP contribution >= 0.6 is 0 Å². The van der Waals surface area contributed by atoms with Crippen LogP contribution in [0.3, 0.4) is 0 Å². The van der Waals surface area contributed by atoms with Crippen LogP contribution in [0.5, 0.6) is 0 Å². The number of aromatic nitrogens is 3. The van der Waals surface area contributed by atoms with Crippen LogP contribution in [0, 0.1) is 0 Å². The van der Waals surface area contributed by atoms with Crippen LogP contribution in [-0.2, 0) is 4.79 Å². The highest BCUT2D eigenvalue weighted by Crippen LogP contribution is 2.30. The molecular formula is C24H34FN7O. The lowest BCUT2D eigenvalue weighted by atomic mass is 9.95. The molecule has 2 aromatic heterocycles. The number of rotatable bonds is 8. The van der Waals surface area contributed by atoms with Crippen LogP contribution < -0.4 is 15.5 Å². The fourth-order valence-corrected chi connectivity index (χ4v) is 4.26. The molecule has 1 aliphatic carbocycles. The first-order valence-electron chi connectivity index (χ1n) is 12.0. The maximum Gasteiger partial charge on any atom is 0.241 e. The Bertz CT molecular complexity index is 933. The molecule has 4 rings (SSSR count). The predicted octanol–water partition coefficient (Wildman–Crippen LogP) is 3.72. The topological polar surface area (TPSA) is 86.3 Å². The lowest BCUT2D eigenvalue weighted by Crippen LogP contribution is -2.48. The standard InChI is InChI=1S/C24H34FN7O/c1-3-17(25)13-27-24-28-15-20(23(30-24)29-18-7-5-4-6-8-18)21-10-9-19(14-26-21)32-12-11-31(2)22(33)16-32/h9-10,14-15,17-18H,3-8,11-13,16H2,1-2H3,(H2,27,28,29,30)/t17-/m0/s1. The van der Waals surface area contributed by atoms with Crippen molar-refractivity contribution in [2.45, 2.75) is 57.7 Å². The van der Waals surface area contributed by atoms with E-state index in [4.69, 9.17) is 0 Å². The Labute approximate surface area is 195 Å². The van der Waals surface area contributed by atoms with Crippen LogP contribution in [0.2, 0.25) is 0 Å². The summed E-state index contributed by atoms with van der Waals surface area (Å²) in [6, 6.07) is 4.30. The molecule has 2 aromatic rings. The quantitative estimate of drug-likeness (QED) is 0.627. The average molecular weight is 456 g/mol. The molecular weight excluding hydrogens is 421 g/mol. The zero-order chi connectivity index (χ0) is 23.2. The molecule has 3 heterocycles. The molecule has 9 heteroatoms. The number of alkyl halides is 1. The van der Waals surface area contributed by atoms with Gasteiger partial charge in [-0.25, -0.2) is 9.37 Å². The van der Waals surface area contributed by atoms with Gasteiger partial charge in [0.1, 0.15) is 12.0 Å². The Morgan fingerprint density at radius 1 is 1.15 bits per heavy atom. The molecule has 1 saturated heterocycles. The van der Waals surface area contributed by atoms with Crippen molar-refractivity contribution < 1.29 is 9.18 Å². The number of piperazine rings is 1. The summed E-state index contributed by atoms with van der Waals surface area (Å²) in [4.78, 5) is 29.6. The first-order chi connectivity index (χ1) is 16.0. The molecule has 1 atom stereocenters.